The first-order valence-corrected chi connectivity index (χ1v) is 9.27. The van der Waals surface area contributed by atoms with E-state index in [0.29, 0.717) is 31.6 Å². The summed E-state index contributed by atoms with van der Waals surface area (Å²) < 4.78 is 10.6. The molecule has 0 radical (unpaired) electrons. The molecular formula is C21H27NO4. The quantitative estimate of drug-likeness (QED) is 0.819. The number of nitrogens with one attached hydrogen (secondary N) is 1. The maximum atomic E-state index is 13.0. The van der Waals surface area contributed by atoms with Crippen molar-refractivity contribution in [2.75, 3.05) is 13.2 Å². The number of carbonyl (C=O) groups is 2. The zero-order valence-corrected chi connectivity index (χ0v) is 15.9. The van der Waals surface area contributed by atoms with Crippen LogP contribution in [0, 0.1) is 5.41 Å². The van der Waals surface area contributed by atoms with E-state index in [1.165, 1.54) is 5.56 Å². The average molecular weight is 357 g/mol. The molecule has 1 heterocycles. The second kappa shape index (κ2) is 6.78. The molecule has 1 aliphatic heterocycles. The van der Waals surface area contributed by atoms with Gasteiger partial charge in [-0.15, -0.1) is 0 Å². The lowest BCUT2D eigenvalue weighted by atomic mass is 9.44. The van der Waals surface area contributed by atoms with E-state index < -0.39 is 11.0 Å². The predicted octanol–water partition coefficient (Wildman–Crippen LogP) is 3.31. The zero-order valence-electron chi connectivity index (χ0n) is 15.9. The third-order valence-electron chi connectivity index (χ3n) is 6.01. The second-order valence-corrected chi connectivity index (χ2v) is 7.30. The van der Waals surface area contributed by atoms with Crippen LogP contribution in [0.25, 0.3) is 0 Å². The molecule has 1 aromatic carbocycles. The lowest BCUT2D eigenvalue weighted by molar-refractivity contribution is -0.176. The molecule has 0 unspecified atom stereocenters. The van der Waals surface area contributed by atoms with Crippen LogP contribution in [0.1, 0.15) is 52.0 Å². The summed E-state index contributed by atoms with van der Waals surface area (Å²) in [5.41, 5.74) is 1.26. The highest BCUT2D eigenvalue weighted by molar-refractivity contribution is 5.93. The zero-order chi connectivity index (χ0) is 18.9. The van der Waals surface area contributed by atoms with Crippen molar-refractivity contribution >= 4 is 11.9 Å². The van der Waals surface area contributed by atoms with E-state index in [1.54, 1.807) is 6.92 Å². The van der Waals surface area contributed by atoms with Gasteiger partial charge in [0.1, 0.15) is 0 Å². The van der Waals surface area contributed by atoms with Crippen LogP contribution in [0.4, 0.5) is 0 Å². The average Bonchev–Trinajstić information content (AvgIpc) is 2.61. The Balaban J connectivity index is 2.02. The Kier molecular flexibility index (Phi) is 4.82. The minimum absolute atomic E-state index is 0.173. The summed E-state index contributed by atoms with van der Waals surface area (Å²) in [6.07, 6.45) is 0.999. The Morgan fingerprint density at radius 2 is 1.81 bits per heavy atom. The highest BCUT2D eigenvalue weighted by Crippen LogP contribution is 2.64. The predicted molar refractivity (Wildman–Crippen MR) is 98.4 cm³/mol. The standard InChI is InChI=1S/C21H27NO4/c1-5-25-18(23)16-12-21(19(24)26-6-2)13-17(15-10-8-7-9-11-15)20(21,4)22-14(16)3/h7-11,17,22H,5-6,12-13H2,1-4H3/t17-,20+,21-/m1/s1. The number of ether oxygens (including phenoxy) is 2. The van der Waals surface area contributed by atoms with Crippen molar-refractivity contribution in [1.82, 2.24) is 5.32 Å². The Labute approximate surface area is 154 Å². The van der Waals surface area contributed by atoms with Gasteiger partial charge in [0, 0.05) is 11.6 Å². The summed E-state index contributed by atoms with van der Waals surface area (Å²) in [6.45, 7) is 8.17. The molecule has 1 fully saturated rings. The third kappa shape index (κ3) is 2.61. The molecule has 1 saturated carbocycles. The molecule has 1 aliphatic carbocycles. The molecule has 1 aromatic rings. The number of fused-ring (bicyclic) bond motifs is 1. The van der Waals surface area contributed by atoms with Crippen LogP contribution in [0.15, 0.2) is 41.6 Å². The van der Waals surface area contributed by atoms with E-state index in [0.717, 1.165) is 5.70 Å². The van der Waals surface area contributed by atoms with E-state index in [-0.39, 0.29) is 17.9 Å². The number of carbonyl (C=O) groups excluding carboxylic acids is 2. The summed E-state index contributed by atoms with van der Waals surface area (Å²) in [5.74, 6) is -0.422. The maximum Gasteiger partial charge on any atom is 0.335 e. The monoisotopic (exact) mass is 357 g/mol. The van der Waals surface area contributed by atoms with Crippen LogP contribution in [-0.2, 0) is 19.1 Å². The molecule has 3 rings (SSSR count). The van der Waals surface area contributed by atoms with Crippen molar-refractivity contribution in [2.24, 2.45) is 5.41 Å². The topological polar surface area (TPSA) is 64.6 Å². The fourth-order valence-corrected chi connectivity index (χ4v) is 4.55. The Morgan fingerprint density at radius 1 is 1.15 bits per heavy atom. The van der Waals surface area contributed by atoms with Crippen molar-refractivity contribution in [3.8, 4) is 0 Å². The van der Waals surface area contributed by atoms with Gasteiger partial charge in [0.25, 0.3) is 0 Å². The van der Waals surface area contributed by atoms with Gasteiger partial charge in [-0.2, -0.15) is 0 Å². The highest BCUT2D eigenvalue weighted by atomic mass is 16.5. The largest absolute Gasteiger partial charge is 0.465 e. The lowest BCUT2D eigenvalue weighted by Crippen LogP contribution is -2.73. The SMILES string of the molecule is CCOC(=O)C1=C(C)N[C@@]2(C)[C@@H](c3ccccc3)C[C@@]2(C(=O)OCC)C1. The minimum atomic E-state index is -0.759. The van der Waals surface area contributed by atoms with E-state index >= 15 is 0 Å². The van der Waals surface area contributed by atoms with Crippen LogP contribution in [0.2, 0.25) is 0 Å². The van der Waals surface area contributed by atoms with Crippen LogP contribution in [-0.4, -0.2) is 30.7 Å². The first-order chi connectivity index (χ1) is 12.4. The van der Waals surface area contributed by atoms with Crippen molar-refractivity contribution in [1.29, 1.82) is 0 Å². The summed E-state index contributed by atoms with van der Waals surface area (Å²) in [6, 6.07) is 10.2. The van der Waals surface area contributed by atoms with Gasteiger partial charge in [-0.05, 0) is 46.1 Å². The molecule has 3 atom stereocenters. The normalized spacial score (nSPS) is 29.9. The van der Waals surface area contributed by atoms with Gasteiger partial charge >= 0.3 is 11.9 Å². The molecule has 5 nitrogen and oxygen atoms in total. The smallest absolute Gasteiger partial charge is 0.335 e. The molecular weight excluding hydrogens is 330 g/mol. The van der Waals surface area contributed by atoms with Crippen molar-refractivity contribution in [3.05, 3.63) is 47.2 Å². The molecule has 26 heavy (non-hydrogen) atoms. The summed E-state index contributed by atoms with van der Waals surface area (Å²) in [7, 11) is 0. The fourth-order valence-electron chi connectivity index (χ4n) is 4.55. The highest BCUT2D eigenvalue weighted by Gasteiger charge is 2.70. The number of rotatable bonds is 5. The minimum Gasteiger partial charge on any atom is -0.465 e. The van der Waals surface area contributed by atoms with Crippen LogP contribution >= 0.6 is 0 Å². The van der Waals surface area contributed by atoms with Gasteiger partial charge in [0.15, 0.2) is 0 Å². The first-order valence-electron chi connectivity index (χ1n) is 9.27. The van der Waals surface area contributed by atoms with Crippen LogP contribution in [0.5, 0.6) is 0 Å². The molecule has 0 spiro atoms. The first kappa shape index (κ1) is 18.5. The Hall–Kier alpha value is -2.30. The van der Waals surface area contributed by atoms with Gasteiger partial charge in [-0.3, -0.25) is 4.79 Å². The summed E-state index contributed by atoms with van der Waals surface area (Å²) >= 11 is 0. The molecule has 5 heteroatoms. The molecule has 0 amide bonds. The number of hydrogen-bond acceptors (Lipinski definition) is 5. The summed E-state index contributed by atoms with van der Waals surface area (Å²) in [5, 5.41) is 3.49. The summed E-state index contributed by atoms with van der Waals surface area (Å²) in [4.78, 5) is 25.4. The maximum absolute atomic E-state index is 13.0. The van der Waals surface area contributed by atoms with E-state index in [4.69, 9.17) is 9.47 Å². The van der Waals surface area contributed by atoms with E-state index in [2.05, 4.69) is 24.4 Å². The van der Waals surface area contributed by atoms with Gasteiger partial charge in [-0.25, -0.2) is 4.79 Å². The van der Waals surface area contributed by atoms with Crippen molar-refractivity contribution < 1.29 is 19.1 Å². The molecule has 0 bridgehead atoms. The van der Waals surface area contributed by atoms with E-state index in [1.807, 2.05) is 32.0 Å². The molecule has 1 N–H and O–H groups in total. The number of hydrogen-bond donors (Lipinski definition) is 1. The van der Waals surface area contributed by atoms with Gasteiger partial charge < -0.3 is 14.8 Å². The second-order valence-electron chi connectivity index (χ2n) is 7.30. The Morgan fingerprint density at radius 3 is 2.42 bits per heavy atom. The lowest BCUT2D eigenvalue weighted by Gasteiger charge is -2.64. The van der Waals surface area contributed by atoms with Crippen LogP contribution < -0.4 is 5.32 Å². The fraction of sp³-hybridized carbons (Fsp3) is 0.524. The molecule has 140 valence electrons. The molecule has 0 saturated heterocycles. The number of esters is 2. The van der Waals surface area contributed by atoms with Gasteiger partial charge in [0.05, 0.1) is 29.7 Å². The van der Waals surface area contributed by atoms with Gasteiger partial charge in [-0.1, -0.05) is 30.3 Å². The third-order valence-corrected chi connectivity index (χ3v) is 6.01. The van der Waals surface area contributed by atoms with Gasteiger partial charge in [0.2, 0.25) is 0 Å². The van der Waals surface area contributed by atoms with Crippen molar-refractivity contribution in [2.45, 2.75) is 52.0 Å². The van der Waals surface area contributed by atoms with E-state index in [9.17, 15) is 9.59 Å². The number of allylic oxidation sites excluding steroid dienone is 1. The molecule has 0 aromatic heterocycles. The van der Waals surface area contributed by atoms with Crippen LogP contribution in [0.3, 0.4) is 0 Å². The number of benzene rings is 1. The molecule has 2 aliphatic rings. The Bertz CT molecular complexity index is 742. The van der Waals surface area contributed by atoms with Crippen molar-refractivity contribution in [3.63, 3.8) is 0 Å².